The van der Waals surface area contributed by atoms with Gasteiger partial charge in [0.15, 0.2) is 0 Å². The van der Waals surface area contributed by atoms with Crippen molar-refractivity contribution in [3.8, 4) is 0 Å². The fourth-order valence-electron chi connectivity index (χ4n) is 2.88. The van der Waals surface area contributed by atoms with Gasteiger partial charge in [0.1, 0.15) is 12.9 Å². The maximum Gasteiger partial charge on any atom is 0.145 e. The van der Waals surface area contributed by atoms with Gasteiger partial charge in [-0.3, -0.25) is 0 Å². The van der Waals surface area contributed by atoms with Gasteiger partial charge >= 0.3 is 0 Å². The Kier molecular flexibility index (Phi) is 20.3. The van der Waals surface area contributed by atoms with E-state index in [9.17, 15) is 4.79 Å². The van der Waals surface area contributed by atoms with Gasteiger partial charge in [-0.05, 0) is 6.42 Å². The minimum Gasteiger partial charge on any atom is -0.374 e. The summed E-state index contributed by atoms with van der Waals surface area (Å²) in [6, 6.07) is 0. The first-order valence-corrected chi connectivity index (χ1v) is 9.93. The van der Waals surface area contributed by atoms with Gasteiger partial charge in [-0.25, -0.2) is 0 Å². The van der Waals surface area contributed by atoms with E-state index in [1.54, 1.807) is 0 Å². The average molecular weight is 313 g/mol. The summed E-state index contributed by atoms with van der Waals surface area (Å²) in [5.41, 5.74) is 0. The van der Waals surface area contributed by atoms with E-state index in [1.165, 1.54) is 96.3 Å². The number of ether oxygens (including phenoxy) is 1. The number of rotatable bonds is 19. The molecule has 0 aliphatic carbocycles. The van der Waals surface area contributed by atoms with E-state index in [-0.39, 0.29) is 6.61 Å². The zero-order valence-electron chi connectivity index (χ0n) is 15.1. The molecule has 132 valence electrons. The van der Waals surface area contributed by atoms with E-state index in [1.807, 2.05) is 0 Å². The Morgan fingerprint density at radius 2 is 0.955 bits per heavy atom. The maximum atomic E-state index is 10.1. The Bertz CT molecular complexity index is 204. The number of unbranched alkanes of at least 4 members (excludes halogenated alkanes) is 15. The smallest absolute Gasteiger partial charge is 0.145 e. The second kappa shape index (κ2) is 20.6. The van der Waals surface area contributed by atoms with E-state index in [4.69, 9.17) is 4.74 Å². The lowest BCUT2D eigenvalue weighted by Crippen LogP contribution is -1.97. The molecule has 0 bridgehead atoms. The molecular formula is C20H40O2. The van der Waals surface area contributed by atoms with Crippen LogP contribution in [0.2, 0.25) is 0 Å². The molecule has 0 rings (SSSR count). The van der Waals surface area contributed by atoms with Gasteiger partial charge in [0.05, 0.1) is 0 Å². The highest BCUT2D eigenvalue weighted by Gasteiger charge is 1.94. The number of hydrogen-bond acceptors (Lipinski definition) is 2. The zero-order chi connectivity index (χ0) is 16.1. The Morgan fingerprint density at radius 1 is 0.591 bits per heavy atom. The molecule has 0 aliphatic rings. The van der Waals surface area contributed by atoms with Crippen molar-refractivity contribution >= 4 is 6.29 Å². The lowest BCUT2D eigenvalue weighted by Gasteiger charge is -2.03. The van der Waals surface area contributed by atoms with Crippen LogP contribution in [-0.4, -0.2) is 19.5 Å². The van der Waals surface area contributed by atoms with Gasteiger partial charge in [0.2, 0.25) is 0 Å². The molecule has 22 heavy (non-hydrogen) atoms. The molecular weight excluding hydrogens is 272 g/mol. The van der Waals surface area contributed by atoms with Crippen molar-refractivity contribution in [2.75, 3.05) is 13.2 Å². The van der Waals surface area contributed by atoms with E-state index in [0.717, 1.165) is 19.3 Å². The molecule has 2 heteroatoms. The first-order chi connectivity index (χ1) is 10.9. The van der Waals surface area contributed by atoms with Crippen molar-refractivity contribution in [3.63, 3.8) is 0 Å². The zero-order valence-corrected chi connectivity index (χ0v) is 15.1. The molecule has 0 N–H and O–H groups in total. The summed E-state index contributed by atoms with van der Waals surface area (Å²) in [6.07, 6.45) is 23.0. The third kappa shape index (κ3) is 19.6. The highest BCUT2D eigenvalue weighted by atomic mass is 16.5. The standard InChI is InChI=1S/C20H40O2/c1-2-3-4-5-6-7-8-9-10-11-12-13-14-15-16-17-19-22-20-18-21/h18H,2-17,19-20H2,1H3. The van der Waals surface area contributed by atoms with Gasteiger partial charge in [-0.1, -0.05) is 103 Å². The minimum absolute atomic E-state index is 0.263. The predicted octanol–water partition coefficient (Wildman–Crippen LogP) is 6.46. The van der Waals surface area contributed by atoms with Crippen LogP contribution in [0.25, 0.3) is 0 Å². The van der Waals surface area contributed by atoms with Crippen molar-refractivity contribution in [2.24, 2.45) is 0 Å². The summed E-state index contributed by atoms with van der Waals surface area (Å²) in [6.45, 7) is 3.29. The molecule has 0 radical (unpaired) electrons. The van der Waals surface area contributed by atoms with Crippen molar-refractivity contribution < 1.29 is 9.53 Å². The summed E-state index contributed by atoms with van der Waals surface area (Å²) in [5, 5.41) is 0. The van der Waals surface area contributed by atoms with Crippen LogP contribution in [0, 0.1) is 0 Å². The van der Waals surface area contributed by atoms with E-state index in [0.29, 0.717) is 0 Å². The second-order valence-electron chi connectivity index (χ2n) is 6.54. The normalized spacial score (nSPS) is 11.0. The van der Waals surface area contributed by atoms with Crippen LogP contribution in [0.15, 0.2) is 0 Å². The van der Waals surface area contributed by atoms with Gasteiger partial charge in [-0.2, -0.15) is 0 Å². The molecule has 0 unspecified atom stereocenters. The summed E-state index contributed by atoms with van der Waals surface area (Å²) in [5.74, 6) is 0. The first-order valence-electron chi connectivity index (χ1n) is 9.93. The van der Waals surface area contributed by atoms with Crippen LogP contribution in [0.4, 0.5) is 0 Å². The Labute approximate surface area is 139 Å². The minimum atomic E-state index is 0.263. The molecule has 2 nitrogen and oxygen atoms in total. The van der Waals surface area contributed by atoms with E-state index in [2.05, 4.69) is 6.92 Å². The number of hydrogen-bond donors (Lipinski definition) is 0. The van der Waals surface area contributed by atoms with Crippen LogP contribution >= 0.6 is 0 Å². The van der Waals surface area contributed by atoms with Gasteiger partial charge in [0, 0.05) is 6.61 Å². The molecule has 0 aromatic rings. The third-order valence-electron chi connectivity index (χ3n) is 4.33. The number of aldehydes is 1. The largest absolute Gasteiger partial charge is 0.374 e. The van der Waals surface area contributed by atoms with Crippen LogP contribution in [0.3, 0.4) is 0 Å². The molecule has 0 heterocycles. The maximum absolute atomic E-state index is 10.1. The van der Waals surface area contributed by atoms with E-state index >= 15 is 0 Å². The lowest BCUT2D eigenvalue weighted by atomic mass is 10.0. The van der Waals surface area contributed by atoms with E-state index < -0.39 is 0 Å². The fraction of sp³-hybridized carbons (Fsp3) is 0.950. The molecule has 0 atom stereocenters. The average Bonchev–Trinajstić information content (AvgIpc) is 2.54. The van der Waals surface area contributed by atoms with Gasteiger partial charge in [-0.15, -0.1) is 0 Å². The SMILES string of the molecule is CCCCCCCCCCCCCCCCCCOCC=O. The fourth-order valence-corrected chi connectivity index (χ4v) is 2.88. The lowest BCUT2D eigenvalue weighted by molar-refractivity contribution is -0.111. The summed E-state index contributed by atoms with van der Waals surface area (Å²) >= 11 is 0. The monoisotopic (exact) mass is 312 g/mol. The van der Waals surface area contributed by atoms with Crippen molar-refractivity contribution in [3.05, 3.63) is 0 Å². The van der Waals surface area contributed by atoms with Gasteiger partial charge in [0.25, 0.3) is 0 Å². The molecule has 0 amide bonds. The molecule has 0 spiro atoms. The Hall–Kier alpha value is -0.370. The van der Waals surface area contributed by atoms with Gasteiger partial charge < -0.3 is 9.53 Å². The highest BCUT2D eigenvalue weighted by Crippen LogP contribution is 2.13. The number of carbonyl (C=O) groups excluding carboxylic acids is 1. The number of carbonyl (C=O) groups is 1. The molecule has 0 aromatic heterocycles. The van der Waals surface area contributed by atoms with Crippen molar-refractivity contribution in [2.45, 2.75) is 110 Å². The first kappa shape index (κ1) is 21.6. The predicted molar refractivity (Wildman–Crippen MR) is 96.4 cm³/mol. The second-order valence-corrected chi connectivity index (χ2v) is 6.54. The molecule has 0 fully saturated rings. The molecule has 0 aliphatic heterocycles. The van der Waals surface area contributed by atoms with Crippen LogP contribution in [-0.2, 0) is 9.53 Å². The Balaban J connectivity index is 2.92. The topological polar surface area (TPSA) is 26.3 Å². The summed E-state index contributed by atoms with van der Waals surface area (Å²) < 4.78 is 5.13. The molecule has 0 saturated heterocycles. The highest BCUT2D eigenvalue weighted by molar-refractivity contribution is 5.50. The Morgan fingerprint density at radius 3 is 1.32 bits per heavy atom. The van der Waals surface area contributed by atoms with Crippen LogP contribution < -0.4 is 0 Å². The van der Waals surface area contributed by atoms with Crippen molar-refractivity contribution in [1.29, 1.82) is 0 Å². The van der Waals surface area contributed by atoms with Crippen LogP contribution in [0.5, 0.6) is 0 Å². The molecule has 0 saturated carbocycles. The third-order valence-corrected chi connectivity index (χ3v) is 4.33. The summed E-state index contributed by atoms with van der Waals surface area (Å²) in [4.78, 5) is 10.1. The van der Waals surface area contributed by atoms with Crippen LogP contribution in [0.1, 0.15) is 110 Å². The molecule has 0 aromatic carbocycles. The quantitative estimate of drug-likeness (QED) is 0.202. The summed E-state index contributed by atoms with van der Waals surface area (Å²) in [7, 11) is 0. The van der Waals surface area contributed by atoms with Crippen molar-refractivity contribution in [1.82, 2.24) is 0 Å².